The summed E-state index contributed by atoms with van der Waals surface area (Å²) in [6.07, 6.45) is 6.14. The van der Waals surface area contributed by atoms with Crippen LogP contribution in [0.3, 0.4) is 0 Å². The molecule has 0 N–H and O–H groups in total. The van der Waals surface area contributed by atoms with Gasteiger partial charge in [0.1, 0.15) is 0 Å². The highest BCUT2D eigenvalue weighted by Gasteiger charge is 2.26. The van der Waals surface area contributed by atoms with Crippen LogP contribution in [0.1, 0.15) is 42.6 Å². The first-order chi connectivity index (χ1) is 15.0. The second-order valence-electron chi connectivity index (χ2n) is 8.50. The van der Waals surface area contributed by atoms with E-state index in [1.54, 1.807) is 0 Å². The molecule has 164 valence electrons. The lowest BCUT2D eigenvalue weighted by atomic mass is 9.88. The molecule has 2 aromatic heterocycles. The van der Waals surface area contributed by atoms with Crippen LogP contribution < -0.4 is 4.90 Å². The number of benzene rings is 1. The predicted octanol–water partition coefficient (Wildman–Crippen LogP) is 4.77. The zero-order valence-electron chi connectivity index (χ0n) is 18.8. The molecule has 1 saturated heterocycles. The molecule has 3 aromatic rings. The van der Waals surface area contributed by atoms with Crippen LogP contribution in [0.15, 0.2) is 36.7 Å². The van der Waals surface area contributed by atoms with Gasteiger partial charge in [0.15, 0.2) is 0 Å². The fourth-order valence-electron chi connectivity index (χ4n) is 4.35. The van der Waals surface area contributed by atoms with Crippen molar-refractivity contribution in [3.8, 4) is 11.1 Å². The van der Waals surface area contributed by atoms with E-state index in [1.807, 2.05) is 49.6 Å². The standard InChI is InChI=1S/C24H31ClN6/c1-5-31-17(2)20(14-27-31)16-30-11-9-18(10-12-30)23-22(15-26-24(28-23)29(3)4)19-7-6-8-21(25)13-19/h6-8,13-15,18H,5,9-12,16H2,1-4H3. The van der Waals surface area contributed by atoms with Crippen LogP contribution in [-0.2, 0) is 13.1 Å². The van der Waals surface area contributed by atoms with Crippen LogP contribution in [-0.4, -0.2) is 51.8 Å². The molecular formula is C24H31ClN6. The van der Waals surface area contributed by atoms with Gasteiger partial charge in [-0.3, -0.25) is 9.58 Å². The van der Waals surface area contributed by atoms with Crippen molar-refractivity contribution in [2.75, 3.05) is 32.1 Å². The lowest BCUT2D eigenvalue weighted by molar-refractivity contribution is 0.203. The van der Waals surface area contributed by atoms with Crippen LogP contribution in [0.4, 0.5) is 5.95 Å². The molecule has 0 unspecified atom stereocenters. The van der Waals surface area contributed by atoms with Crippen molar-refractivity contribution >= 4 is 17.5 Å². The third-order valence-electron chi connectivity index (χ3n) is 6.21. The van der Waals surface area contributed by atoms with Gasteiger partial charge in [0.2, 0.25) is 5.95 Å². The first-order valence-corrected chi connectivity index (χ1v) is 11.4. The van der Waals surface area contributed by atoms with E-state index in [0.29, 0.717) is 5.92 Å². The minimum absolute atomic E-state index is 0.409. The summed E-state index contributed by atoms with van der Waals surface area (Å²) in [5, 5.41) is 5.23. The molecule has 31 heavy (non-hydrogen) atoms. The number of nitrogens with zero attached hydrogens (tertiary/aromatic N) is 6. The largest absolute Gasteiger partial charge is 0.347 e. The first kappa shape index (κ1) is 21.8. The van der Waals surface area contributed by atoms with E-state index in [-0.39, 0.29) is 0 Å². The maximum Gasteiger partial charge on any atom is 0.225 e. The van der Waals surface area contributed by atoms with Crippen LogP contribution in [0.25, 0.3) is 11.1 Å². The maximum atomic E-state index is 6.27. The maximum absolute atomic E-state index is 6.27. The smallest absolute Gasteiger partial charge is 0.225 e. The predicted molar refractivity (Wildman–Crippen MR) is 127 cm³/mol. The van der Waals surface area contributed by atoms with Crippen molar-refractivity contribution in [2.24, 2.45) is 0 Å². The number of piperidine rings is 1. The Hall–Kier alpha value is -2.44. The molecule has 0 atom stereocenters. The molecule has 1 aromatic carbocycles. The monoisotopic (exact) mass is 438 g/mol. The summed E-state index contributed by atoms with van der Waals surface area (Å²) in [6.45, 7) is 8.29. The molecule has 1 aliphatic rings. The summed E-state index contributed by atoms with van der Waals surface area (Å²) in [7, 11) is 3.97. The highest BCUT2D eigenvalue weighted by atomic mass is 35.5. The molecular weight excluding hydrogens is 408 g/mol. The van der Waals surface area contributed by atoms with Crippen molar-refractivity contribution in [3.63, 3.8) is 0 Å². The number of halogens is 1. The van der Waals surface area contributed by atoms with Gasteiger partial charge in [-0.25, -0.2) is 9.97 Å². The van der Waals surface area contributed by atoms with Gasteiger partial charge in [-0.15, -0.1) is 0 Å². The van der Waals surface area contributed by atoms with E-state index < -0.39 is 0 Å². The number of hydrogen-bond donors (Lipinski definition) is 0. The topological polar surface area (TPSA) is 50.1 Å². The van der Waals surface area contributed by atoms with Crippen molar-refractivity contribution in [2.45, 2.75) is 45.7 Å². The fourth-order valence-corrected chi connectivity index (χ4v) is 4.55. The summed E-state index contributed by atoms with van der Waals surface area (Å²) in [5.41, 5.74) is 5.91. The Morgan fingerprint density at radius 1 is 1.16 bits per heavy atom. The lowest BCUT2D eigenvalue weighted by Crippen LogP contribution is -2.33. The van der Waals surface area contributed by atoms with Crippen molar-refractivity contribution < 1.29 is 0 Å². The highest BCUT2D eigenvalue weighted by molar-refractivity contribution is 6.30. The Labute approximate surface area is 189 Å². The summed E-state index contributed by atoms with van der Waals surface area (Å²) < 4.78 is 2.07. The SMILES string of the molecule is CCn1ncc(CN2CCC(c3nc(N(C)C)ncc3-c3cccc(Cl)c3)CC2)c1C. The fraction of sp³-hybridized carbons (Fsp3) is 0.458. The normalized spacial score (nSPS) is 15.4. The van der Waals surface area contributed by atoms with Crippen LogP contribution in [0, 0.1) is 6.92 Å². The van der Waals surface area contributed by atoms with Gasteiger partial charge >= 0.3 is 0 Å². The molecule has 4 rings (SSSR count). The van der Waals surface area contributed by atoms with E-state index in [0.717, 1.165) is 66.8 Å². The van der Waals surface area contributed by atoms with E-state index in [2.05, 4.69) is 39.6 Å². The molecule has 0 bridgehead atoms. The second-order valence-corrected chi connectivity index (χ2v) is 8.93. The molecule has 1 fully saturated rings. The van der Waals surface area contributed by atoms with Crippen molar-refractivity contribution in [1.82, 2.24) is 24.6 Å². The Morgan fingerprint density at radius 3 is 2.58 bits per heavy atom. The zero-order chi connectivity index (χ0) is 22.0. The zero-order valence-corrected chi connectivity index (χ0v) is 19.6. The molecule has 6 nitrogen and oxygen atoms in total. The van der Waals surface area contributed by atoms with Gasteiger partial charge in [0.25, 0.3) is 0 Å². The summed E-state index contributed by atoms with van der Waals surface area (Å²) >= 11 is 6.27. The number of hydrogen-bond acceptors (Lipinski definition) is 5. The Balaban J connectivity index is 1.54. The number of anilines is 1. The molecule has 1 aliphatic heterocycles. The summed E-state index contributed by atoms with van der Waals surface area (Å²) in [5.74, 6) is 1.16. The van der Waals surface area contributed by atoms with E-state index >= 15 is 0 Å². The molecule has 3 heterocycles. The Morgan fingerprint density at radius 2 is 1.94 bits per heavy atom. The summed E-state index contributed by atoms with van der Waals surface area (Å²) in [4.78, 5) is 14.1. The summed E-state index contributed by atoms with van der Waals surface area (Å²) in [6, 6.07) is 7.98. The van der Waals surface area contributed by atoms with Crippen LogP contribution in [0.5, 0.6) is 0 Å². The van der Waals surface area contributed by atoms with E-state index in [1.165, 1.54) is 11.3 Å². The minimum atomic E-state index is 0.409. The number of aryl methyl sites for hydroxylation is 1. The van der Waals surface area contributed by atoms with E-state index in [4.69, 9.17) is 16.6 Å². The number of aromatic nitrogens is 4. The number of rotatable bonds is 6. The van der Waals surface area contributed by atoms with Crippen molar-refractivity contribution in [3.05, 3.63) is 58.6 Å². The number of likely N-dealkylation sites (tertiary alicyclic amines) is 1. The lowest BCUT2D eigenvalue weighted by Gasteiger charge is -2.32. The second kappa shape index (κ2) is 9.37. The highest BCUT2D eigenvalue weighted by Crippen LogP contribution is 2.35. The molecule has 7 heteroatoms. The van der Waals surface area contributed by atoms with Gasteiger partial charge in [-0.2, -0.15) is 5.10 Å². The molecule has 0 spiro atoms. The Kier molecular flexibility index (Phi) is 6.58. The van der Waals surface area contributed by atoms with Gasteiger partial charge in [0.05, 0.1) is 11.9 Å². The van der Waals surface area contributed by atoms with Crippen molar-refractivity contribution in [1.29, 1.82) is 0 Å². The minimum Gasteiger partial charge on any atom is -0.347 e. The van der Waals surface area contributed by atoms with E-state index in [9.17, 15) is 0 Å². The molecule has 0 radical (unpaired) electrons. The van der Waals surface area contributed by atoms with Gasteiger partial charge in [-0.05, 0) is 57.5 Å². The molecule has 0 amide bonds. The third-order valence-corrected chi connectivity index (χ3v) is 6.45. The molecule has 0 saturated carbocycles. The van der Waals surface area contributed by atoms with Crippen LogP contribution >= 0.6 is 11.6 Å². The third kappa shape index (κ3) is 4.75. The molecule has 0 aliphatic carbocycles. The quantitative estimate of drug-likeness (QED) is 0.555. The van der Waals surface area contributed by atoms with Crippen LogP contribution in [0.2, 0.25) is 5.02 Å². The Bertz CT molecular complexity index is 1040. The average molecular weight is 439 g/mol. The van der Waals surface area contributed by atoms with Gasteiger partial charge in [-0.1, -0.05) is 23.7 Å². The van der Waals surface area contributed by atoms with Gasteiger partial charge in [0, 0.05) is 61.1 Å². The average Bonchev–Trinajstić information content (AvgIpc) is 3.13. The first-order valence-electron chi connectivity index (χ1n) is 11.0. The van der Waals surface area contributed by atoms with Gasteiger partial charge < -0.3 is 4.90 Å².